The van der Waals surface area contributed by atoms with Gasteiger partial charge in [-0.2, -0.15) is 4.98 Å². The first-order valence-corrected chi connectivity index (χ1v) is 10.3. The molecule has 2 aliphatic heterocycles. The van der Waals surface area contributed by atoms with Crippen LogP contribution < -0.4 is 4.90 Å². The second-order valence-electron chi connectivity index (χ2n) is 8.16. The van der Waals surface area contributed by atoms with Crippen LogP contribution in [0.5, 0.6) is 0 Å². The maximum Gasteiger partial charge on any atom is 0.258 e. The highest BCUT2D eigenvalue weighted by atomic mass is 16.5. The van der Waals surface area contributed by atoms with Crippen LogP contribution in [0.2, 0.25) is 0 Å². The van der Waals surface area contributed by atoms with Crippen LogP contribution in [0.1, 0.15) is 34.0 Å². The molecule has 2 atom stereocenters. The van der Waals surface area contributed by atoms with Crippen molar-refractivity contribution in [3.05, 3.63) is 53.1 Å². The largest absolute Gasteiger partial charge is 0.337 e. The highest BCUT2D eigenvalue weighted by Gasteiger charge is 2.45. The molecule has 0 unspecified atom stereocenters. The number of rotatable bonds is 3. The molecule has 3 aromatic rings. The molecule has 0 saturated carbocycles. The molecular formula is C22H24N6O2. The van der Waals surface area contributed by atoms with E-state index in [0.29, 0.717) is 35.3 Å². The molecule has 2 saturated heterocycles. The van der Waals surface area contributed by atoms with Crippen molar-refractivity contribution in [1.29, 1.82) is 0 Å². The first-order valence-electron chi connectivity index (χ1n) is 10.3. The van der Waals surface area contributed by atoms with Gasteiger partial charge >= 0.3 is 0 Å². The van der Waals surface area contributed by atoms with Gasteiger partial charge in [0, 0.05) is 36.9 Å². The van der Waals surface area contributed by atoms with Crippen LogP contribution in [-0.4, -0.2) is 56.6 Å². The molecule has 1 amide bonds. The minimum absolute atomic E-state index is 0.00639. The molecule has 2 aliphatic rings. The first-order chi connectivity index (χ1) is 14.5. The van der Waals surface area contributed by atoms with Crippen LogP contribution in [0.15, 0.2) is 34.9 Å². The van der Waals surface area contributed by atoms with Gasteiger partial charge in [-0.1, -0.05) is 17.3 Å². The highest BCUT2D eigenvalue weighted by molar-refractivity contribution is 6.00. The van der Waals surface area contributed by atoms with Gasteiger partial charge in [-0.25, -0.2) is 9.97 Å². The van der Waals surface area contributed by atoms with Crippen molar-refractivity contribution in [3.63, 3.8) is 0 Å². The molecule has 0 bridgehead atoms. The normalized spacial score (nSPS) is 20.6. The van der Waals surface area contributed by atoms with E-state index in [4.69, 9.17) is 4.52 Å². The SMILES string of the molecule is Cc1cc(C)nc(N2C[C@@H]3CCN(C(=O)c4ccccc4-c4nc(C)no4)C[C@@H]32)n1. The Labute approximate surface area is 174 Å². The fourth-order valence-corrected chi connectivity index (χ4v) is 4.48. The van der Waals surface area contributed by atoms with Gasteiger partial charge in [0.15, 0.2) is 5.82 Å². The third-order valence-electron chi connectivity index (χ3n) is 5.98. The van der Waals surface area contributed by atoms with E-state index in [-0.39, 0.29) is 11.9 Å². The smallest absolute Gasteiger partial charge is 0.258 e. The zero-order chi connectivity index (χ0) is 20.8. The summed E-state index contributed by atoms with van der Waals surface area (Å²) in [4.78, 5) is 31.1. The number of fused-ring (bicyclic) bond motifs is 1. The van der Waals surface area contributed by atoms with Crippen LogP contribution in [-0.2, 0) is 0 Å². The average Bonchev–Trinajstić information content (AvgIpc) is 3.14. The number of anilines is 1. The monoisotopic (exact) mass is 404 g/mol. The Balaban J connectivity index is 1.38. The number of hydrogen-bond acceptors (Lipinski definition) is 7. The molecule has 2 aromatic heterocycles. The Hall–Kier alpha value is -3.29. The van der Waals surface area contributed by atoms with Crippen LogP contribution in [0.3, 0.4) is 0 Å². The standard InChI is InChI=1S/C22H24N6O2/c1-13-10-14(2)24-22(23-13)28-11-16-8-9-27(12-19(16)28)21(29)18-7-5-4-6-17(18)20-25-15(3)26-30-20/h4-7,10,16,19H,8-9,11-12H2,1-3H3/t16-,19-/m0/s1. The van der Waals surface area contributed by atoms with Gasteiger partial charge in [-0.15, -0.1) is 0 Å². The number of aromatic nitrogens is 4. The van der Waals surface area contributed by atoms with E-state index in [0.717, 1.165) is 36.8 Å². The van der Waals surface area contributed by atoms with E-state index in [9.17, 15) is 4.79 Å². The predicted octanol–water partition coefficient (Wildman–Crippen LogP) is 2.80. The fraction of sp³-hybridized carbons (Fsp3) is 0.409. The number of benzene rings is 1. The summed E-state index contributed by atoms with van der Waals surface area (Å²) in [6.07, 6.45) is 0.986. The lowest BCUT2D eigenvalue weighted by atomic mass is 9.82. The van der Waals surface area contributed by atoms with E-state index < -0.39 is 0 Å². The van der Waals surface area contributed by atoms with Crippen molar-refractivity contribution in [2.45, 2.75) is 33.2 Å². The molecule has 0 N–H and O–H groups in total. The number of likely N-dealkylation sites (tertiary alicyclic amines) is 1. The summed E-state index contributed by atoms with van der Waals surface area (Å²) >= 11 is 0. The molecule has 8 nitrogen and oxygen atoms in total. The lowest BCUT2D eigenvalue weighted by Crippen LogP contribution is -2.65. The van der Waals surface area contributed by atoms with Gasteiger partial charge in [-0.05, 0) is 45.4 Å². The maximum absolute atomic E-state index is 13.4. The third kappa shape index (κ3) is 3.22. The third-order valence-corrected chi connectivity index (χ3v) is 5.98. The lowest BCUT2D eigenvalue weighted by Gasteiger charge is -2.53. The summed E-state index contributed by atoms with van der Waals surface area (Å²) in [5, 5.41) is 3.86. The Kier molecular flexibility index (Phi) is 4.49. The van der Waals surface area contributed by atoms with Crippen molar-refractivity contribution in [2.75, 3.05) is 24.5 Å². The van der Waals surface area contributed by atoms with Crippen molar-refractivity contribution < 1.29 is 9.32 Å². The van der Waals surface area contributed by atoms with Crippen LogP contribution in [0.4, 0.5) is 5.95 Å². The molecule has 4 heterocycles. The molecule has 5 rings (SSSR count). The Morgan fingerprint density at radius 2 is 1.83 bits per heavy atom. The Morgan fingerprint density at radius 1 is 1.07 bits per heavy atom. The van der Waals surface area contributed by atoms with Crippen LogP contribution in [0.25, 0.3) is 11.5 Å². The molecule has 0 aliphatic carbocycles. The van der Waals surface area contributed by atoms with E-state index in [1.54, 1.807) is 6.92 Å². The summed E-state index contributed by atoms with van der Waals surface area (Å²) in [6, 6.07) is 9.66. The highest BCUT2D eigenvalue weighted by Crippen LogP contribution is 2.36. The zero-order valence-electron chi connectivity index (χ0n) is 17.4. The summed E-state index contributed by atoms with van der Waals surface area (Å²) in [5.41, 5.74) is 3.20. The number of carbonyl (C=O) groups excluding carboxylic acids is 1. The lowest BCUT2D eigenvalue weighted by molar-refractivity contribution is 0.0590. The van der Waals surface area contributed by atoms with E-state index in [1.807, 2.05) is 49.1 Å². The summed E-state index contributed by atoms with van der Waals surface area (Å²) < 4.78 is 5.32. The van der Waals surface area contributed by atoms with Gasteiger partial charge in [0.2, 0.25) is 5.95 Å². The predicted molar refractivity (Wildman–Crippen MR) is 111 cm³/mol. The Bertz CT molecular complexity index is 1090. The first kappa shape index (κ1) is 18.7. The number of amides is 1. The van der Waals surface area contributed by atoms with Gasteiger partial charge in [0.1, 0.15) is 0 Å². The van der Waals surface area contributed by atoms with Crippen LogP contribution in [0, 0.1) is 26.7 Å². The van der Waals surface area contributed by atoms with Crippen molar-refractivity contribution in [2.24, 2.45) is 5.92 Å². The average molecular weight is 404 g/mol. The maximum atomic E-state index is 13.4. The zero-order valence-corrected chi connectivity index (χ0v) is 17.4. The quantitative estimate of drug-likeness (QED) is 0.663. The minimum atomic E-state index is -0.00639. The summed E-state index contributed by atoms with van der Waals surface area (Å²) in [6.45, 7) is 8.11. The Morgan fingerprint density at radius 3 is 2.57 bits per heavy atom. The fourth-order valence-electron chi connectivity index (χ4n) is 4.48. The summed E-state index contributed by atoms with van der Waals surface area (Å²) in [7, 11) is 0. The van der Waals surface area contributed by atoms with Crippen molar-refractivity contribution in [1.82, 2.24) is 25.0 Å². The number of piperidine rings is 1. The molecular weight excluding hydrogens is 380 g/mol. The number of hydrogen-bond donors (Lipinski definition) is 0. The molecule has 154 valence electrons. The minimum Gasteiger partial charge on any atom is -0.337 e. The van der Waals surface area contributed by atoms with Gasteiger partial charge in [0.25, 0.3) is 11.8 Å². The molecule has 30 heavy (non-hydrogen) atoms. The second kappa shape index (κ2) is 7.19. The topological polar surface area (TPSA) is 88.3 Å². The van der Waals surface area contributed by atoms with E-state index in [1.165, 1.54) is 0 Å². The summed E-state index contributed by atoms with van der Waals surface area (Å²) in [5.74, 6) is 2.26. The molecule has 2 fully saturated rings. The van der Waals surface area contributed by atoms with Crippen molar-refractivity contribution in [3.8, 4) is 11.5 Å². The number of nitrogens with zero attached hydrogens (tertiary/aromatic N) is 6. The number of aryl methyl sites for hydroxylation is 3. The van der Waals surface area contributed by atoms with E-state index in [2.05, 4.69) is 25.0 Å². The molecule has 0 radical (unpaired) electrons. The van der Waals surface area contributed by atoms with E-state index >= 15 is 0 Å². The van der Waals surface area contributed by atoms with Gasteiger partial charge in [-0.3, -0.25) is 4.79 Å². The van der Waals surface area contributed by atoms with Gasteiger partial charge < -0.3 is 14.3 Å². The molecule has 0 spiro atoms. The van der Waals surface area contributed by atoms with Gasteiger partial charge in [0.05, 0.1) is 17.2 Å². The molecule has 8 heteroatoms. The second-order valence-corrected chi connectivity index (χ2v) is 8.16. The van der Waals surface area contributed by atoms with Crippen LogP contribution >= 0.6 is 0 Å². The molecule has 1 aromatic carbocycles. The van der Waals surface area contributed by atoms with Crippen molar-refractivity contribution >= 4 is 11.9 Å². The number of carbonyl (C=O) groups is 1.